The summed E-state index contributed by atoms with van der Waals surface area (Å²) in [6.07, 6.45) is 1.38. The van der Waals surface area contributed by atoms with Crippen molar-refractivity contribution in [3.8, 4) is 0 Å². The first kappa shape index (κ1) is 19.6. The van der Waals surface area contributed by atoms with Crippen LogP contribution in [0.2, 0.25) is 5.02 Å². The molecule has 0 saturated heterocycles. The van der Waals surface area contributed by atoms with Gasteiger partial charge in [0.05, 0.1) is 15.7 Å². The Balaban J connectivity index is 1.89. The molecule has 3 nitrogen and oxygen atoms in total. The van der Waals surface area contributed by atoms with Crippen molar-refractivity contribution in [1.82, 2.24) is 0 Å². The minimum atomic E-state index is -3.85. The van der Waals surface area contributed by atoms with Gasteiger partial charge in [-0.25, -0.2) is 8.42 Å². The quantitative estimate of drug-likeness (QED) is 0.469. The molecule has 1 saturated carbocycles. The van der Waals surface area contributed by atoms with E-state index >= 15 is 0 Å². The third-order valence-corrected chi connectivity index (χ3v) is 7.23. The van der Waals surface area contributed by atoms with Crippen LogP contribution in [0.25, 0.3) is 0 Å². The Labute approximate surface area is 175 Å². The Kier molecular flexibility index (Phi) is 5.39. The molecule has 0 radical (unpaired) electrons. The van der Waals surface area contributed by atoms with Gasteiger partial charge in [-0.2, -0.15) is 0 Å². The maximum absolute atomic E-state index is 13.6. The number of allylic oxidation sites excluding steroid dienone is 2. The van der Waals surface area contributed by atoms with Crippen LogP contribution in [-0.4, -0.2) is 14.2 Å². The van der Waals surface area contributed by atoms with E-state index in [0.29, 0.717) is 29.0 Å². The van der Waals surface area contributed by atoms with Crippen molar-refractivity contribution in [1.29, 1.82) is 0 Å². The molecule has 3 aromatic carbocycles. The number of ketones is 1. The number of halogens is 1. The lowest BCUT2D eigenvalue weighted by molar-refractivity contribution is 0.0974. The molecule has 3 aromatic rings. The van der Waals surface area contributed by atoms with Crippen molar-refractivity contribution in [2.24, 2.45) is 0 Å². The molecule has 0 unspecified atom stereocenters. The van der Waals surface area contributed by atoms with E-state index in [2.05, 4.69) is 0 Å². The van der Waals surface area contributed by atoms with Gasteiger partial charge in [-0.05, 0) is 42.7 Å². The lowest BCUT2D eigenvalue weighted by atomic mass is 9.89. The average molecular weight is 423 g/mol. The Morgan fingerprint density at radius 2 is 1.34 bits per heavy atom. The third-order valence-electron chi connectivity index (χ3n) is 4.98. The summed E-state index contributed by atoms with van der Waals surface area (Å²) < 4.78 is 27.2. The summed E-state index contributed by atoms with van der Waals surface area (Å²) in [5.41, 5.74) is 1.98. The van der Waals surface area contributed by atoms with E-state index < -0.39 is 15.8 Å². The van der Waals surface area contributed by atoms with Gasteiger partial charge in [-0.3, -0.25) is 4.79 Å². The molecular formula is C24H19ClO3S. The minimum Gasteiger partial charge on any atom is -0.293 e. The first-order chi connectivity index (χ1) is 14.0. The molecule has 1 aliphatic carbocycles. The van der Waals surface area contributed by atoms with E-state index in [4.69, 9.17) is 11.6 Å². The van der Waals surface area contributed by atoms with Crippen molar-refractivity contribution in [2.45, 2.75) is 23.7 Å². The van der Waals surface area contributed by atoms with E-state index in [1.54, 1.807) is 36.4 Å². The molecular weight excluding hydrogens is 404 g/mol. The molecule has 0 aromatic heterocycles. The highest BCUT2D eigenvalue weighted by molar-refractivity contribution is 7.95. The summed E-state index contributed by atoms with van der Waals surface area (Å²) in [5, 5.41) is 0.463. The van der Waals surface area contributed by atoms with Crippen LogP contribution in [0.15, 0.2) is 100 Å². The predicted molar refractivity (Wildman–Crippen MR) is 115 cm³/mol. The lowest BCUT2D eigenvalue weighted by Gasteiger charge is -2.21. The summed E-state index contributed by atoms with van der Waals surface area (Å²) in [6, 6.07) is 24.1. The molecule has 1 fully saturated rings. The molecule has 4 rings (SSSR count). The second kappa shape index (κ2) is 7.97. The Bertz CT molecular complexity index is 1160. The van der Waals surface area contributed by atoms with E-state index in [-0.39, 0.29) is 15.6 Å². The molecule has 5 heteroatoms. The Hall–Kier alpha value is -2.69. The number of sulfone groups is 1. The maximum atomic E-state index is 13.6. The summed E-state index contributed by atoms with van der Waals surface area (Å²) in [6.45, 7) is 0. The first-order valence-electron chi connectivity index (χ1n) is 9.35. The fraction of sp³-hybridized carbons (Fsp3) is 0.125. The Morgan fingerprint density at radius 1 is 0.793 bits per heavy atom. The maximum Gasteiger partial charge on any atom is 0.203 e. The van der Waals surface area contributed by atoms with E-state index in [1.807, 2.05) is 36.4 Å². The first-order valence-corrected chi connectivity index (χ1v) is 11.2. The van der Waals surface area contributed by atoms with Crippen LogP contribution in [-0.2, 0) is 9.84 Å². The fourth-order valence-corrected chi connectivity index (χ4v) is 5.45. The van der Waals surface area contributed by atoms with Crippen LogP contribution in [0.1, 0.15) is 34.7 Å². The normalized spacial score (nSPS) is 14.3. The topological polar surface area (TPSA) is 51.2 Å². The summed E-state index contributed by atoms with van der Waals surface area (Å²) in [7, 11) is -3.85. The standard InChI is InChI=1S/C24H19ClO3S/c25-20-13-15-21(16-14-20)29(27,28)24(19-11-12-19)22(17-7-3-1-4-8-17)23(26)18-9-5-2-6-10-18/h1-10,13-16,22H,11-12H2/t22-/m1/s1. The lowest BCUT2D eigenvalue weighted by Crippen LogP contribution is -2.21. The molecule has 146 valence electrons. The molecule has 29 heavy (non-hydrogen) atoms. The van der Waals surface area contributed by atoms with Gasteiger partial charge in [0.1, 0.15) is 0 Å². The largest absolute Gasteiger partial charge is 0.293 e. The highest BCUT2D eigenvalue weighted by Crippen LogP contribution is 2.44. The van der Waals surface area contributed by atoms with Crippen molar-refractivity contribution in [3.63, 3.8) is 0 Å². The zero-order chi connectivity index (χ0) is 20.4. The van der Waals surface area contributed by atoms with Crippen molar-refractivity contribution < 1.29 is 13.2 Å². The van der Waals surface area contributed by atoms with Gasteiger partial charge in [0.15, 0.2) is 5.78 Å². The van der Waals surface area contributed by atoms with Crippen molar-refractivity contribution in [3.05, 3.63) is 112 Å². The van der Waals surface area contributed by atoms with Crippen molar-refractivity contribution >= 4 is 27.2 Å². The van der Waals surface area contributed by atoms with Crippen molar-refractivity contribution in [2.75, 3.05) is 0 Å². The number of rotatable bonds is 6. The highest BCUT2D eigenvalue weighted by atomic mass is 35.5. The van der Waals surface area contributed by atoms with Crippen LogP contribution >= 0.6 is 11.6 Å². The van der Waals surface area contributed by atoms with Gasteiger partial charge >= 0.3 is 0 Å². The number of carbonyl (C=O) groups is 1. The fourth-order valence-electron chi connectivity index (χ4n) is 3.44. The minimum absolute atomic E-state index is 0.151. The van der Waals surface area contributed by atoms with Crippen LogP contribution in [0, 0.1) is 0 Å². The average Bonchev–Trinajstić information content (AvgIpc) is 3.58. The number of benzene rings is 3. The molecule has 0 heterocycles. The zero-order valence-electron chi connectivity index (χ0n) is 15.6. The SMILES string of the molecule is O=C(c1ccccc1)[C@H](C(=C1CC1)S(=O)(=O)c1ccc(Cl)cc1)c1ccccc1. The number of carbonyl (C=O) groups excluding carboxylic acids is 1. The van der Waals surface area contributed by atoms with E-state index in [1.165, 1.54) is 12.1 Å². The molecule has 0 spiro atoms. The number of Topliss-reactive ketones (excluding diaryl/α,β-unsaturated/α-hetero) is 1. The van der Waals surface area contributed by atoms with Crippen LogP contribution in [0.3, 0.4) is 0 Å². The molecule has 1 atom stereocenters. The van der Waals surface area contributed by atoms with Crippen LogP contribution in [0.5, 0.6) is 0 Å². The summed E-state index contributed by atoms with van der Waals surface area (Å²) in [5.74, 6) is -1.10. The van der Waals surface area contributed by atoms with Crippen LogP contribution in [0.4, 0.5) is 0 Å². The van der Waals surface area contributed by atoms with Gasteiger partial charge in [0.2, 0.25) is 9.84 Å². The second-order valence-corrected chi connectivity index (χ2v) is 9.35. The summed E-state index contributed by atoms with van der Waals surface area (Å²) in [4.78, 5) is 13.9. The highest BCUT2D eigenvalue weighted by Gasteiger charge is 2.39. The molecule has 0 N–H and O–H groups in total. The molecule has 0 amide bonds. The molecule has 0 aliphatic heterocycles. The van der Waals surface area contributed by atoms with Gasteiger partial charge in [-0.1, -0.05) is 77.8 Å². The zero-order valence-corrected chi connectivity index (χ0v) is 17.2. The second-order valence-electron chi connectivity index (χ2n) is 7.00. The van der Waals surface area contributed by atoms with Gasteiger partial charge in [-0.15, -0.1) is 0 Å². The van der Waals surface area contributed by atoms with Crippen LogP contribution < -0.4 is 0 Å². The van der Waals surface area contributed by atoms with Gasteiger partial charge < -0.3 is 0 Å². The van der Waals surface area contributed by atoms with E-state index in [0.717, 1.165) is 5.57 Å². The predicted octanol–water partition coefficient (Wildman–Crippen LogP) is 5.83. The van der Waals surface area contributed by atoms with Gasteiger partial charge in [0.25, 0.3) is 0 Å². The van der Waals surface area contributed by atoms with E-state index in [9.17, 15) is 13.2 Å². The molecule has 1 aliphatic rings. The third kappa shape index (κ3) is 4.04. The number of hydrogen-bond donors (Lipinski definition) is 0. The summed E-state index contributed by atoms with van der Waals surface area (Å²) >= 11 is 5.94. The monoisotopic (exact) mass is 422 g/mol. The number of hydrogen-bond acceptors (Lipinski definition) is 3. The smallest absolute Gasteiger partial charge is 0.203 e. The van der Waals surface area contributed by atoms with Gasteiger partial charge in [0, 0.05) is 10.6 Å². The molecule has 0 bridgehead atoms. The Morgan fingerprint density at radius 3 is 1.90 bits per heavy atom.